The van der Waals surface area contributed by atoms with E-state index >= 15 is 0 Å². The molecule has 4 heteroatoms. The second kappa shape index (κ2) is 4.99. The second-order valence-corrected chi connectivity index (χ2v) is 4.37. The number of aryl methyl sites for hydroxylation is 2. The predicted molar refractivity (Wildman–Crippen MR) is 73.2 cm³/mol. The summed E-state index contributed by atoms with van der Waals surface area (Å²) in [4.78, 5) is 14.2. The molecule has 0 aliphatic rings. The molecule has 0 spiro atoms. The number of benzene rings is 1. The van der Waals surface area contributed by atoms with E-state index in [1.807, 2.05) is 32.0 Å². The molecule has 0 atom stereocenters. The summed E-state index contributed by atoms with van der Waals surface area (Å²) in [5, 5.41) is 9.16. The van der Waals surface area contributed by atoms with E-state index in [-0.39, 0.29) is 11.1 Å². The minimum absolute atomic E-state index is 0.104. The molecule has 2 aromatic rings. The third kappa shape index (κ3) is 2.23. The lowest BCUT2D eigenvalue weighted by Crippen LogP contribution is -2.11. The fourth-order valence-electron chi connectivity index (χ4n) is 2.23. The van der Waals surface area contributed by atoms with E-state index in [4.69, 9.17) is 10.00 Å². The van der Waals surface area contributed by atoms with E-state index in [1.165, 1.54) is 6.20 Å². The molecule has 1 aromatic heterocycles. The number of nitrogens with one attached hydrogen (secondary N) is 1. The first kappa shape index (κ1) is 12.9. The van der Waals surface area contributed by atoms with Crippen LogP contribution in [0.2, 0.25) is 0 Å². The molecule has 0 amide bonds. The Balaban J connectivity index is 2.84. The maximum absolute atomic E-state index is 11.7. The minimum Gasteiger partial charge on any atom is -0.496 e. The third-order valence-electron chi connectivity index (χ3n) is 3.01. The number of ether oxygens (including phenoxy) is 1. The van der Waals surface area contributed by atoms with Crippen molar-refractivity contribution < 1.29 is 4.74 Å². The van der Waals surface area contributed by atoms with Gasteiger partial charge in [0.1, 0.15) is 17.4 Å². The summed E-state index contributed by atoms with van der Waals surface area (Å²) in [6.45, 7) is 3.91. The van der Waals surface area contributed by atoms with Gasteiger partial charge in [-0.1, -0.05) is 6.07 Å². The Morgan fingerprint density at radius 2 is 2.05 bits per heavy atom. The van der Waals surface area contributed by atoms with E-state index < -0.39 is 0 Å². The van der Waals surface area contributed by atoms with Crippen molar-refractivity contribution in [2.75, 3.05) is 7.11 Å². The highest BCUT2D eigenvalue weighted by Crippen LogP contribution is 2.34. The molecule has 19 heavy (non-hydrogen) atoms. The average Bonchev–Trinajstić information content (AvgIpc) is 2.37. The fraction of sp³-hybridized carbons (Fsp3) is 0.200. The quantitative estimate of drug-likeness (QED) is 0.895. The van der Waals surface area contributed by atoms with Gasteiger partial charge in [0, 0.05) is 17.3 Å². The van der Waals surface area contributed by atoms with Crippen LogP contribution in [0.4, 0.5) is 0 Å². The third-order valence-corrected chi connectivity index (χ3v) is 3.01. The monoisotopic (exact) mass is 254 g/mol. The van der Waals surface area contributed by atoms with Gasteiger partial charge in [0.25, 0.3) is 5.56 Å². The summed E-state index contributed by atoms with van der Waals surface area (Å²) >= 11 is 0. The zero-order valence-electron chi connectivity index (χ0n) is 11.1. The fourth-order valence-corrected chi connectivity index (χ4v) is 2.23. The molecule has 0 aliphatic heterocycles. The summed E-state index contributed by atoms with van der Waals surface area (Å²) in [5.41, 5.74) is 3.14. The molecule has 96 valence electrons. The highest BCUT2D eigenvalue weighted by Gasteiger charge is 2.15. The summed E-state index contributed by atoms with van der Waals surface area (Å²) < 4.78 is 5.38. The number of hydrogen-bond donors (Lipinski definition) is 1. The number of H-pyrrole nitrogens is 1. The van der Waals surface area contributed by atoms with Crippen molar-refractivity contribution in [1.29, 1.82) is 5.26 Å². The Labute approximate surface area is 111 Å². The summed E-state index contributed by atoms with van der Waals surface area (Å²) in [5.74, 6) is 0.666. The van der Waals surface area contributed by atoms with E-state index in [9.17, 15) is 4.79 Å². The van der Waals surface area contributed by atoms with Gasteiger partial charge in [-0.3, -0.25) is 4.79 Å². The van der Waals surface area contributed by atoms with E-state index in [0.717, 1.165) is 16.7 Å². The van der Waals surface area contributed by atoms with Crippen LogP contribution in [0.5, 0.6) is 5.75 Å². The first-order chi connectivity index (χ1) is 9.08. The van der Waals surface area contributed by atoms with Crippen LogP contribution in [0.25, 0.3) is 11.1 Å². The van der Waals surface area contributed by atoms with E-state index in [1.54, 1.807) is 13.2 Å². The standard InChI is InChI=1S/C15H14N2O2/c1-9-6-10(2)14(13(7-9)19-3)11-4-5-17-15(18)12(11)8-16/h4-7H,1-3H3,(H,17,18). The lowest BCUT2D eigenvalue weighted by atomic mass is 9.95. The molecule has 0 radical (unpaired) electrons. The van der Waals surface area contributed by atoms with Crippen LogP contribution in [0.3, 0.4) is 0 Å². The molecule has 2 rings (SSSR count). The number of pyridine rings is 1. The van der Waals surface area contributed by atoms with Gasteiger partial charge < -0.3 is 9.72 Å². The topological polar surface area (TPSA) is 65.9 Å². The minimum atomic E-state index is -0.387. The molecular weight excluding hydrogens is 240 g/mol. The predicted octanol–water partition coefficient (Wildman–Crippen LogP) is 2.54. The average molecular weight is 254 g/mol. The largest absolute Gasteiger partial charge is 0.496 e. The maximum Gasteiger partial charge on any atom is 0.266 e. The lowest BCUT2D eigenvalue weighted by molar-refractivity contribution is 0.416. The van der Waals surface area contributed by atoms with E-state index in [0.29, 0.717) is 11.3 Å². The molecule has 4 nitrogen and oxygen atoms in total. The Bertz CT molecular complexity index is 724. The van der Waals surface area contributed by atoms with Crippen molar-refractivity contribution >= 4 is 0 Å². The number of methoxy groups -OCH3 is 1. The molecule has 1 N–H and O–H groups in total. The SMILES string of the molecule is COc1cc(C)cc(C)c1-c1cc[nH]c(=O)c1C#N. The van der Waals surface area contributed by atoms with Gasteiger partial charge in [-0.05, 0) is 37.1 Å². The van der Waals surface area contributed by atoms with Crippen LogP contribution >= 0.6 is 0 Å². The van der Waals surface area contributed by atoms with Crippen molar-refractivity contribution in [3.8, 4) is 22.9 Å². The molecule has 0 saturated heterocycles. The Hall–Kier alpha value is -2.54. The normalized spacial score (nSPS) is 10.0. The number of rotatable bonds is 2. The first-order valence-electron chi connectivity index (χ1n) is 5.86. The molecule has 1 heterocycles. The van der Waals surface area contributed by atoms with Crippen LogP contribution < -0.4 is 10.3 Å². The molecule has 0 bridgehead atoms. The van der Waals surface area contributed by atoms with E-state index in [2.05, 4.69) is 4.98 Å². The van der Waals surface area contributed by atoms with Crippen molar-refractivity contribution in [3.05, 3.63) is 51.4 Å². The number of hydrogen-bond acceptors (Lipinski definition) is 3. The number of aromatic nitrogens is 1. The van der Waals surface area contributed by atoms with Crippen LogP contribution in [0, 0.1) is 25.2 Å². The smallest absolute Gasteiger partial charge is 0.266 e. The van der Waals surface area contributed by atoms with Gasteiger partial charge in [-0.25, -0.2) is 0 Å². The van der Waals surface area contributed by atoms with Gasteiger partial charge in [0.15, 0.2) is 0 Å². The molecule has 0 saturated carbocycles. The summed E-state index contributed by atoms with van der Waals surface area (Å²) in [7, 11) is 1.58. The highest BCUT2D eigenvalue weighted by molar-refractivity contribution is 5.78. The van der Waals surface area contributed by atoms with Crippen LogP contribution in [-0.4, -0.2) is 12.1 Å². The Morgan fingerprint density at radius 1 is 1.32 bits per heavy atom. The van der Waals surface area contributed by atoms with Gasteiger partial charge in [0.05, 0.1) is 7.11 Å². The zero-order chi connectivity index (χ0) is 14.0. The molecular formula is C15H14N2O2. The van der Waals surface area contributed by atoms with Crippen LogP contribution in [0.15, 0.2) is 29.2 Å². The summed E-state index contributed by atoms with van der Waals surface area (Å²) in [6.07, 6.45) is 1.54. The molecule has 1 aromatic carbocycles. The van der Waals surface area contributed by atoms with Gasteiger partial charge in [-0.2, -0.15) is 5.26 Å². The van der Waals surface area contributed by atoms with Crippen molar-refractivity contribution in [1.82, 2.24) is 4.98 Å². The zero-order valence-corrected chi connectivity index (χ0v) is 11.1. The van der Waals surface area contributed by atoms with Gasteiger partial charge in [0.2, 0.25) is 0 Å². The van der Waals surface area contributed by atoms with Crippen molar-refractivity contribution in [2.24, 2.45) is 0 Å². The Kier molecular flexibility index (Phi) is 3.39. The number of aromatic amines is 1. The van der Waals surface area contributed by atoms with Crippen molar-refractivity contribution in [2.45, 2.75) is 13.8 Å². The molecule has 0 unspecified atom stereocenters. The first-order valence-corrected chi connectivity index (χ1v) is 5.86. The lowest BCUT2D eigenvalue weighted by Gasteiger charge is -2.13. The molecule has 0 fully saturated rings. The van der Waals surface area contributed by atoms with Crippen LogP contribution in [-0.2, 0) is 0 Å². The highest BCUT2D eigenvalue weighted by atomic mass is 16.5. The Morgan fingerprint density at radius 3 is 2.68 bits per heavy atom. The number of nitrogens with zero attached hydrogens (tertiary/aromatic N) is 1. The van der Waals surface area contributed by atoms with Gasteiger partial charge >= 0.3 is 0 Å². The van der Waals surface area contributed by atoms with Gasteiger partial charge in [-0.15, -0.1) is 0 Å². The maximum atomic E-state index is 11.7. The number of nitriles is 1. The van der Waals surface area contributed by atoms with Crippen molar-refractivity contribution in [3.63, 3.8) is 0 Å². The summed E-state index contributed by atoms with van der Waals surface area (Å²) in [6, 6.07) is 7.57. The second-order valence-electron chi connectivity index (χ2n) is 4.37. The van der Waals surface area contributed by atoms with Crippen LogP contribution in [0.1, 0.15) is 16.7 Å². The molecule has 0 aliphatic carbocycles.